The van der Waals surface area contributed by atoms with Crippen molar-refractivity contribution in [2.24, 2.45) is 0 Å². The smallest absolute Gasteiger partial charge is 0.274 e. The highest BCUT2D eigenvalue weighted by Gasteiger charge is 2.21. The third kappa shape index (κ3) is 4.51. The topological polar surface area (TPSA) is 73.2 Å². The number of nitrogens with one attached hydrogen (secondary N) is 1. The first-order valence-electron chi connectivity index (χ1n) is 11.3. The summed E-state index contributed by atoms with van der Waals surface area (Å²) in [6.45, 7) is 0.245. The zero-order valence-electron chi connectivity index (χ0n) is 18.2. The van der Waals surface area contributed by atoms with Gasteiger partial charge in [-0.15, -0.1) is 0 Å². The van der Waals surface area contributed by atoms with Crippen LogP contribution in [0.2, 0.25) is 0 Å². The molecule has 0 saturated heterocycles. The van der Waals surface area contributed by atoms with Crippen molar-refractivity contribution in [1.82, 2.24) is 15.1 Å². The fourth-order valence-electron chi connectivity index (χ4n) is 4.37. The van der Waals surface area contributed by atoms with E-state index in [1.165, 1.54) is 0 Å². The second kappa shape index (κ2) is 9.28. The minimum atomic E-state index is -0.203. The number of carbonyl (C=O) groups is 1. The Labute approximate surface area is 191 Å². The molecule has 0 aliphatic heterocycles. The number of amides is 1. The number of hydrogen-bond donors (Lipinski definition) is 1. The van der Waals surface area contributed by atoms with E-state index < -0.39 is 0 Å². The van der Waals surface area contributed by atoms with Crippen molar-refractivity contribution in [3.05, 3.63) is 100 Å². The molecule has 0 radical (unpaired) electrons. The molecule has 33 heavy (non-hydrogen) atoms. The first-order chi connectivity index (χ1) is 16.2. The second-order valence-corrected chi connectivity index (χ2v) is 8.30. The highest BCUT2D eigenvalue weighted by Crippen LogP contribution is 2.28. The van der Waals surface area contributed by atoms with Gasteiger partial charge in [-0.25, -0.2) is 4.68 Å². The average Bonchev–Trinajstić information content (AvgIpc) is 3.39. The van der Waals surface area contributed by atoms with E-state index in [0.717, 1.165) is 36.8 Å². The van der Waals surface area contributed by atoms with Crippen LogP contribution in [0.25, 0.3) is 10.8 Å². The number of para-hydroxylation sites is 1. The lowest BCUT2D eigenvalue weighted by atomic mass is 10.1. The number of hydrogen-bond acceptors (Lipinski definition) is 4. The molecule has 1 aliphatic carbocycles. The van der Waals surface area contributed by atoms with Crippen LogP contribution in [0.15, 0.2) is 83.7 Å². The quantitative estimate of drug-likeness (QED) is 0.446. The fraction of sp³-hybridized carbons (Fsp3) is 0.222. The maximum Gasteiger partial charge on any atom is 0.274 e. The Kier molecular flexibility index (Phi) is 5.89. The number of aromatic nitrogens is 2. The molecule has 1 aliphatic rings. The van der Waals surface area contributed by atoms with Crippen molar-refractivity contribution in [1.29, 1.82) is 0 Å². The van der Waals surface area contributed by atoms with Gasteiger partial charge in [0.1, 0.15) is 11.5 Å². The van der Waals surface area contributed by atoms with E-state index in [4.69, 9.17) is 4.74 Å². The summed E-state index contributed by atoms with van der Waals surface area (Å²) < 4.78 is 7.42. The minimum absolute atomic E-state index is 0.0541. The van der Waals surface area contributed by atoms with E-state index >= 15 is 0 Å². The summed E-state index contributed by atoms with van der Waals surface area (Å²) in [4.78, 5) is 25.8. The summed E-state index contributed by atoms with van der Waals surface area (Å²) in [6, 6.07) is 24.1. The van der Waals surface area contributed by atoms with Gasteiger partial charge in [-0.2, -0.15) is 5.10 Å². The Morgan fingerprint density at radius 2 is 1.52 bits per heavy atom. The van der Waals surface area contributed by atoms with Crippen LogP contribution in [0.1, 0.15) is 47.8 Å². The van der Waals surface area contributed by atoms with Crippen LogP contribution < -0.4 is 15.6 Å². The van der Waals surface area contributed by atoms with Crippen LogP contribution in [-0.2, 0) is 6.54 Å². The predicted molar refractivity (Wildman–Crippen MR) is 128 cm³/mol. The summed E-state index contributed by atoms with van der Waals surface area (Å²) in [7, 11) is 0. The van der Waals surface area contributed by atoms with Crippen LogP contribution >= 0.6 is 0 Å². The molecule has 4 aromatic rings. The normalized spacial score (nSPS) is 13.8. The van der Waals surface area contributed by atoms with Gasteiger partial charge in [0.2, 0.25) is 0 Å². The van der Waals surface area contributed by atoms with Gasteiger partial charge in [-0.05, 0) is 55.3 Å². The van der Waals surface area contributed by atoms with Crippen LogP contribution in [0.4, 0.5) is 0 Å². The molecule has 6 nitrogen and oxygen atoms in total. The molecule has 1 saturated carbocycles. The summed E-state index contributed by atoms with van der Waals surface area (Å²) in [5, 5.41) is 9.06. The van der Waals surface area contributed by atoms with Crippen molar-refractivity contribution in [3.63, 3.8) is 0 Å². The van der Waals surface area contributed by atoms with E-state index in [9.17, 15) is 9.59 Å². The molecule has 1 heterocycles. The largest absolute Gasteiger partial charge is 0.457 e. The van der Waals surface area contributed by atoms with Gasteiger partial charge in [-0.3, -0.25) is 9.59 Å². The van der Waals surface area contributed by atoms with Crippen molar-refractivity contribution >= 4 is 16.7 Å². The fourth-order valence-corrected chi connectivity index (χ4v) is 4.37. The Bertz CT molecular complexity index is 1320. The lowest BCUT2D eigenvalue weighted by Gasteiger charge is -2.16. The number of carbonyl (C=O) groups excluding carboxylic acids is 1. The molecule has 5 rings (SSSR count). The first-order valence-corrected chi connectivity index (χ1v) is 11.3. The molecule has 1 N–H and O–H groups in total. The Morgan fingerprint density at radius 1 is 0.879 bits per heavy atom. The van der Waals surface area contributed by atoms with Crippen molar-refractivity contribution in [2.75, 3.05) is 0 Å². The second-order valence-electron chi connectivity index (χ2n) is 8.30. The Morgan fingerprint density at radius 3 is 2.24 bits per heavy atom. The Hall–Kier alpha value is -3.93. The maximum absolute atomic E-state index is 13.0. The highest BCUT2D eigenvalue weighted by molar-refractivity contribution is 5.94. The number of ether oxygens (including phenoxy) is 1. The molecule has 1 fully saturated rings. The number of nitrogens with zero attached hydrogens (tertiary/aromatic N) is 2. The van der Waals surface area contributed by atoms with Crippen LogP contribution in [0.5, 0.6) is 11.5 Å². The van der Waals surface area contributed by atoms with E-state index in [0.29, 0.717) is 22.4 Å². The van der Waals surface area contributed by atoms with Crippen LogP contribution in [0.3, 0.4) is 0 Å². The van der Waals surface area contributed by atoms with Crippen molar-refractivity contribution in [3.8, 4) is 11.5 Å². The van der Waals surface area contributed by atoms with Crippen LogP contribution in [0, 0.1) is 0 Å². The van der Waals surface area contributed by atoms with Crippen LogP contribution in [-0.4, -0.2) is 15.7 Å². The molecule has 0 unspecified atom stereocenters. The van der Waals surface area contributed by atoms with Gasteiger partial charge in [0.15, 0.2) is 0 Å². The molecule has 166 valence electrons. The van der Waals surface area contributed by atoms with E-state index in [1.54, 1.807) is 28.9 Å². The monoisotopic (exact) mass is 439 g/mol. The predicted octanol–water partition coefficient (Wildman–Crippen LogP) is 5.23. The highest BCUT2D eigenvalue weighted by atomic mass is 16.5. The Balaban J connectivity index is 1.33. The van der Waals surface area contributed by atoms with Gasteiger partial charge < -0.3 is 10.1 Å². The molecule has 0 bridgehead atoms. The summed E-state index contributed by atoms with van der Waals surface area (Å²) >= 11 is 0. The lowest BCUT2D eigenvalue weighted by Crippen LogP contribution is -2.30. The number of fused-ring (bicyclic) bond motifs is 1. The molecule has 0 atom stereocenters. The first kappa shape index (κ1) is 20.9. The third-order valence-corrected chi connectivity index (χ3v) is 6.09. The third-order valence-electron chi connectivity index (χ3n) is 6.09. The van der Waals surface area contributed by atoms with E-state index in [2.05, 4.69) is 10.4 Å². The molecule has 6 heteroatoms. The van der Waals surface area contributed by atoms with Crippen molar-refractivity contribution in [2.45, 2.75) is 38.3 Å². The summed E-state index contributed by atoms with van der Waals surface area (Å²) in [5.74, 6) is 1.20. The van der Waals surface area contributed by atoms with E-state index in [1.807, 2.05) is 54.6 Å². The molecule has 1 aromatic heterocycles. The zero-order valence-corrected chi connectivity index (χ0v) is 18.2. The standard InChI is InChI=1S/C27H25N3O3/c31-26(19-14-16-22(17-15-19)33-21-10-2-1-3-11-21)28-18-25-23-12-6-7-13-24(23)27(32)30(29-25)20-8-4-5-9-20/h1-3,6-7,10-17,20H,4-5,8-9,18H2,(H,28,31). The maximum atomic E-state index is 13.0. The molecule has 3 aromatic carbocycles. The average molecular weight is 440 g/mol. The SMILES string of the molecule is O=C(NCc1nn(C2CCCC2)c(=O)c2ccccc12)c1ccc(Oc2ccccc2)cc1. The van der Waals surface area contributed by atoms with Crippen molar-refractivity contribution < 1.29 is 9.53 Å². The minimum Gasteiger partial charge on any atom is -0.457 e. The van der Waals surface area contributed by atoms with E-state index in [-0.39, 0.29) is 24.1 Å². The summed E-state index contributed by atoms with van der Waals surface area (Å²) in [6.07, 6.45) is 4.16. The van der Waals surface area contributed by atoms with Gasteiger partial charge in [-0.1, -0.05) is 49.2 Å². The van der Waals surface area contributed by atoms with Gasteiger partial charge in [0.25, 0.3) is 11.5 Å². The van der Waals surface area contributed by atoms with Gasteiger partial charge >= 0.3 is 0 Å². The number of benzene rings is 3. The summed E-state index contributed by atoms with van der Waals surface area (Å²) in [5.41, 5.74) is 1.18. The van der Waals surface area contributed by atoms with Gasteiger partial charge in [0.05, 0.1) is 23.7 Å². The molecule has 0 spiro atoms. The van der Waals surface area contributed by atoms with Gasteiger partial charge in [0, 0.05) is 10.9 Å². The lowest BCUT2D eigenvalue weighted by molar-refractivity contribution is 0.0950. The number of rotatable bonds is 6. The zero-order chi connectivity index (χ0) is 22.6. The molecular weight excluding hydrogens is 414 g/mol. The molecular formula is C27H25N3O3. The molecule has 1 amide bonds.